The minimum absolute atomic E-state index is 0.0627. The zero-order valence-corrected chi connectivity index (χ0v) is 13.8. The number of sulfonamides is 1. The Bertz CT molecular complexity index is 607. The van der Waals surface area contributed by atoms with Gasteiger partial charge in [0.05, 0.1) is 11.4 Å². The zero-order chi connectivity index (χ0) is 16.2. The number of nitrogens with one attached hydrogen (secondary N) is 2. The van der Waals surface area contributed by atoms with Gasteiger partial charge in [-0.05, 0) is 30.5 Å². The molecule has 0 unspecified atom stereocenters. The maximum atomic E-state index is 12.1. The van der Waals surface area contributed by atoms with Gasteiger partial charge in [0.1, 0.15) is 0 Å². The van der Waals surface area contributed by atoms with Gasteiger partial charge in [-0.1, -0.05) is 25.4 Å². The molecule has 0 spiro atoms. The maximum Gasteiger partial charge on any atom is 0.241 e. The van der Waals surface area contributed by atoms with Crippen LogP contribution in [0.2, 0.25) is 5.02 Å². The van der Waals surface area contributed by atoms with Crippen LogP contribution < -0.4 is 15.8 Å². The molecule has 0 saturated heterocycles. The maximum absolute atomic E-state index is 12.1. The third-order valence-electron chi connectivity index (χ3n) is 2.80. The highest BCUT2D eigenvalue weighted by Crippen LogP contribution is 2.25. The molecule has 4 N–H and O–H groups in total. The molecule has 0 radical (unpaired) electrons. The molecular weight excluding hydrogens is 314 g/mol. The Hall–Kier alpha value is -1.31. The van der Waals surface area contributed by atoms with Crippen molar-refractivity contribution in [2.24, 2.45) is 5.92 Å². The van der Waals surface area contributed by atoms with Gasteiger partial charge in [0, 0.05) is 17.3 Å². The van der Waals surface area contributed by atoms with E-state index in [0.29, 0.717) is 18.0 Å². The smallest absolute Gasteiger partial charge is 0.241 e. The van der Waals surface area contributed by atoms with Gasteiger partial charge in [0.25, 0.3) is 0 Å². The highest BCUT2D eigenvalue weighted by atomic mass is 35.5. The number of rotatable bonds is 6. The summed E-state index contributed by atoms with van der Waals surface area (Å²) in [5, 5.41) is 2.88. The summed E-state index contributed by atoms with van der Waals surface area (Å²) in [6.45, 7) is 5.74. The summed E-state index contributed by atoms with van der Waals surface area (Å²) < 4.78 is 26.4. The Labute approximate surface area is 130 Å². The van der Waals surface area contributed by atoms with Crippen LogP contribution in [-0.4, -0.2) is 27.4 Å². The Morgan fingerprint density at radius 3 is 2.52 bits per heavy atom. The average Bonchev–Trinajstić information content (AvgIpc) is 2.39. The SMILES string of the molecule is Cc1c(N)cc(S(=O)(=O)NCC(=O)NCC(C)C)cc1Cl. The average molecular weight is 334 g/mol. The number of nitrogens with two attached hydrogens (primary N) is 1. The molecule has 0 saturated carbocycles. The summed E-state index contributed by atoms with van der Waals surface area (Å²) in [6.07, 6.45) is 0. The fraction of sp³-hybridized carbons (Fsp3) is 0.462. The van der Waals surface area contributed by atoms with Crippen molar-refractivity contribution in [2.75, 3.05) is 18.8 Å². The van der Waals surface area contributed by atoms with Crippen LogP contribution in [0.25, 0.3) is 0 Å². The minimum Gasteiger partial charge on any atom is -0.398 e. The van der Waals surface area contributed by atoms with Crippen LogP contribution >= 0.6 is 11.6 Å². The van der Waals surface area contributed by atoms with Gasteiger partial charge in [0.15, 0.2) is 0 Å². The van der Waals surface area contributed by atoms with E-state index in [1.165, 1.54) is 12.1 Å². The van der Waals surface area contributed by atoms with Crippen LogP contribution in [-0.2, 0) is 14.8 Å². The first-order valence-corrected chi connectivity index (χ1v) is 8.31. The third-order valence-corrected chi connectivity index (χ3v) is 4.57. The van der Waals surface area contributed by atoms with Crippen molar-refractivity contribution in [1.82, 2.24) is 10.0 Å². The number of hydrogen-bond donors (Lipinski definition) is 3. The molecule has 0 atom stereocenters. The van der Waals surface area contributed by atoms with Crippen LogP contribution in [0, 0.1) is 12.8 Å². The van der Waals surface area contributed by atoms with Gasteiger partial charge in [-0.25, -0.2) is 13.1 Å². The summed E-state index contributed by atoms with van der Waals surface area (Å²) >= 11 is 5.92. The van der Waals surface area contributed by atoms with E-state index >= 15 is 0 Å². The molecule has 21 heavy (non-hydrogen) atoms. The molecule has 0 bridgehead atoms. The Morgan fingerprint density at radius 2 is 2.00 bits per heavy atom. The van der Waals surface area contributed by atoms with Crippen LogP contribution in [0.4, 0.5) is 5.69 Å². The predicted octanol–water partition coefficient (Wildman–Crippen LogP) is 1.28. The molecule has 1 aromatic carbocycles. The summed E-state index contributed by atoms with van der Waals surface area (Å²) in [5.41, 5.74) is 6.60. The first kappa shape index (κ1) is 17.7. The monoisotopic (exact) mass is 333 g/mol. The molecule has 1 aromatic rings. The van der Waals surface area contributed by atoms with Crippen molar-refractivity contribution >= 4 is 33.2 Å². The second-order valence-corrected chi connectivity index (χ2v) is 7.32. The Balaban J connectivity index is 2.76. The van der Waals surface area contributed by atoms with Crippen molar-refractivity contribution in [1.29, 1.82) is 0 Å². The van der Waals surface area contributed by atoms with Gasteiger partial charge in [-0.2, -0.15) is 0 Å². The molecule has 8 heteroatoms. The standard InChI is InChI=1S/C13H20ClN3O3S/c1-8(2)6-16-13(18)7-17-21(19,20)10-4-11(14)9(3)12(15)5-10/h4-5,8,17H,6-7,15H2,1-3H3,(H,16,18). The molecule has 0 aliphatic rings. The van der Waals surface area contributed by atoms with Gasteiger partial charge in [-0.3, -0.25) is 4.79 Å². The number of benzene rings is 1. The fourth-order valence-electron chi connectivity index (χ4n) is 1.45. The molecule has 0 aliphatic heterocycles. The van der Waals surface area contributed by atoms with Crippen molar-refractivity contribution < 1.29 is 13.2 Å². The Kier molecular flexibility index (Phi) is 6.00. The lowest BCUT2D eigenvalue weighted by Gasteiger charge is -2.11. The minimum atomic E-state index is -3.83. The molecule has 118 valence electrons. The molecule has 0 heterocycles. The van der Waals surface area contributed by atoms with Crippen molar-refractivity contribution in [3.05, 3.63) is 22.7 Å². The second-order valence-electron chi connectivity index (χ2n) is 5.14. The van der Waals surface area contributed by atoms with E-state index in [1.54, 1.807) is 6.92 Å². The fourth-order valence-corrected chi connectivity index (χ4v) is 2.79. The van der Waals surface area contributed by atoms with Crippen LogP contribution in [0.1, 0.15) is 19.4 Å². The highest BCUT2D eigenvalue weighted by molar-refractivity contribution is 7.89. The summed E-state index contributed by atoms with van der Waals surface area (Å²) in [5.74, 6) is -0.0975. The lowest BCUT2D eigenvalue weighted by atomic mass is 10.2. The summed E-state index contributed by atoms with van der Waals surface area (Å²) in [4.78, 5) is 11.5. The number of carbonyl (C=O) groups is 1. The van der Waals surface area contributed by atoms with Crippen molar-refractivity contribution in [2.45, 2.75) is 25.7 Å². The highest BCUT2D eigenvalue weighted by Gasteiger charge is 2.18. The van der Waals surface area contributed by atoms with Gasteiger partial charge in [0.2, 0.25) is 15.9 Å². The number of nitrogen functional groups attached to an aromatic ring is 1. The molecule has 0 aliphatic carbocycles. The van der Waals surface area contributed by atoms with Crippen molar-refractivity contribution in [3.63, 3.8) is 0 Å². The van der Waals surface area contributed by atoms with E-state index < -0.39 is 15.9 Å². The quantitative estimate of drug-likeness (QED) is 0.682. The third kappa shape index (κ3) is 5.18. The number of halogens is 1. The molecular formula is C13H20ClN3O3S. The number of amides is 1. The lowest BCUT2D eigenvalue weighted by Crippen LogP contribution is -2.38. The first-order chi connectivity index (χ1) is 9.63. The molecule has 1 rings (SSSR count). The van der Waals surface area contributed by atoms with E-state index in [1.807, 2.05) is 13.8 Å². The predicted molar refractivity (Wildman–Crippen MR) is 83.6 cm³/mol. The normalized spacial score (nSPS) is 11.7. The molecule has 0 fully saturated rings. The summed E-state index contributed by atoms with van der Waals surface area (Å²) in [6, 6.07) is 2.62. The first-order valence-electron chi connectivity index (χ1n) is 6.45. The number of hydrogen-bond acceptors (Lipinski definition) is 4. The molecule has 0 aromatic heterocycles. The Morgan fingerprint density at radius 1 is 1.38 bits per heavy atom. The van der Waals surface area contributed by atoms with E-state index in [-0.39, 0.29) is 22.2 Å². The largest absolute Gasteiger partial charge is 0.398 e. The molecule has 6 nitrogen and oxygen atoms in total. The lowest BCUT2D eigenvalue weighted by molar-refractivity contribution is -0.120. The van der Waals surface area contributed by atoms with Crippen LogP contribution in [0.15, 0.2) is 17.0 Å². The van der Waals surface area contributed by atoms with E-state index in [0.717, 1.165) is 0 Å². The van der Waals surface area contributed by atoms with Gasteiger partial charge < -0.3 is 11.1 Å². The van der Waals surface area contributed by atoms with Crippen molar-refractivity contribution in [3.8, 4) is 0 Å². The van der Waals surface area contributed by atoms with E-state index in [4.69, 9.17) is 17.3 Å². The second kappa shape index (κ2) is 7.11. The van der Waals surface area contributed by atoms with Gasteiger partial charge >= 0.3 is 0 Å². The number of carbonyl (C=O) groups excluding carboxylic acids is 1. The van der Waals surface area contributed by atoms with Crippen LogP contribution in [0.5, 0.6) is 0 Å². The molecule has 1 amide bonds. The zero-order valence-electron chi connectivity index (χ0n) is 12.2. The van der Waals surface area contributed by atoms with E-state index in [2.05, 4.69) is 10.0 Å². The number of anilines is 1. The summed E-state index contributed by atoms with van der Waals surface area (Å²) in [7, 11) is -3.83. The topological polar surface area (TPSA) is 101 Å². The van der Waals surface area contributed by atoms with Gasteiger partial charge in [-0.15, -0.1) is 0 Å². The van der Waals surface area contributed by atoms with E-state index in [9.17, 15) is 13.2 Å². The van der Waals surface area contributed by atoms with Crippen LogP contribution in [0.3, 0.4) is 0 Å².